The maximum Gasteiger partial charge on any atom is 0.247 e. The molecule has 37 heavy (non-hydrogen) atoms. The number of carbonyl (C=O) groups excluding carboxylic acids is 2. The first-order valence-corrected chi connectivity index (χ1v) is 12.9. The molecule has 0 bridgehead atoms. The zero-order valence-corrected chi connectivity index (χ0v) is 21.5. The molecule has 0 aromatic heterocycles. The Balaban J connectivity index is 1.58. The van der Waals surface area contributed by atoms with Gasteiger partial charge in [-0.1, -0.05) is 115 Å². The Kier molecular flexibility index (Phi) is 9.50. The molecule has 0 fully saturated rings. The first kappa shape index (κ1) is 26.2. The fourth-order valence-corrected chi connectivity index (χ4v) is 4.46. The van der Waals surface area contributed by atoms with Crippen molar-refractivity contribution in [1.29, 1.82) is 0 Å². The molecule has 0 heterocycles. The van der Waals surface area contributed by atoms with E-state index in [9.17, 15) is 9.59 Å². The monoisotopic (exact) mass is 510 g/mol. The van der Waals surface area contributed by atoms with Gasteiger partial charge in [-0.3, -0.25) is 9.59 Å². The smallest absolute Gasteiger partial charge is 0.247 e. The molecule has 2 amide bonds. The van der Waals surface area contributed by atoms with Gasteiger partial charge in [0.1, 0.15) is 6.04 Å². The van der Waals surface area contributed by atoms with Gasteiger partial charge in [-0.15, -0.1) is 0 Å². The third-order valence-corrected chi connectivity index (χ3v) is 6.54. The van der Waals surface area contributed by atoms with E-state index < -0.39 is 6.04 Å². The van der Waals surface area contributed by atoms with Crippen LogP contribution < -0.4 is 5.32 Å². The maximum absolute atomic E-state index is 13.7. The van der Waals surface area contributed by atoms with Gasteiger partial charge >= 0.3 is 0 Å². The minimum Gasteiger partial charge on any atom is -0.354 e. The summed E-state index contributed by atoms with van der Waals surface area (Å²) in [6.07, 6.45) is 1.62. The van der Waals surface area contributed by atoms with Crippen molar-refractivity contribution in [1.82, 2.24) is 10.2 Å². The molecule has 0 aliphatic rings. The lowest BCUT2D eigenvalue weighted by Gasteiger charge is -2.32. The Morgan fingerprint density at radius 3 is 1.81 bits per heavy atom. The SMILES string of the molecule is O=C(NCCc1ccccc1)[C@@H](c1ccccc1)N(Cc1ccc(Cl)cc1)C(=O)CCc1ccccc1. The van der Waals surface area contributed by atoms with E-state index in [0.29, 0.717) is 37.4 Å². The van der Waals surface area contributed by atoms with E-state index in [0.717, 1.165) is 22.3 Å². The largest absolute Gasteiger partial charge is 0.354 e. The highest BCUT2D eigenvalue weighted by Gasteiger charge is 2.31. The predicted octanol–water partition coefficient (Wildman–Crippen LogP) is 6.40. The molecule has 1 N–H and O–H groups in total. The van der Waals surface area contributed by atoms with Crippen molar-refractivity contribution >= 4 is 23.4 Å². The number of halogens is 1. The van der Waals surface area contributed by atoms with Crippen molar-refractivity contribution in [2.24, 2.45) is 0 Å². The summed E-state index contributed by atoms with van der Waals surface area (Å²) in [4.78, 5) is 29.1. The van der Waals surface area contributed by atoms with Gasteiger partial charge < -0.3 is 10.2 Å². The van der Waals surface area contributed by atoms with Crippen molar-refractivity contribution < 1.29 is 9.59 Å². The molecule has 0 saturated carbocycles. The van der Waals surface area contributed by atoms with Crippen LogP contribution in [0, 0.1) is 0 Å². The number of carbonyl (C=O) groups is 2. The Bertz CT molecular complexity index is 1260. The van der Waals surface area contributed by atoms with Crippen LogP contribution >= 0.6 is 11.6 Å². The van der Waals surface area contributed by atoms with Crippen LogP contribution in [0.5, 0.6) is 0 Å². The lowest BCUT2D eigenvalue weighted by molar-refractivity contribution is -0.141. The molecule has 0 unspecified atom stereocenters. The highest BCUT2D eigenvalue weighted by molar-refractivity contribution is 6.30. The number of hydrogen-bond acceptors (Lipinski definition) is 2. The fourth-order valence-electron chi connectivity index (χ4n) is 4.33. The van der Waals surface area contributed by atoms with E-state index in [1.807, 2.05) is 103 Å². The number of benzene rings is 4. The van der Waals surface area contributed by atoms with Gasteiger partial charge in [0.2, 0.25) is 11.8 Å². The van der Waals surface area contributed by atoms with Crippen LogP contribution in [0.3, 0.4) is 0 Å². The summed E-state index contributed by atoms with van der Waals surface area (Å²) in [6, 6.07) is 36.1. The molecule has 0 aliphatic carbocycles. The average Bonchev–Trinajstić information content (AvgIpc) is 2.94. The molecule has 1 atom stereocenters. The van der Waals surface area contributed by atoms with E-state index >= 15 is 0 Å². The summed E-state index contributed by atoms with van der Waals surface area (Å²) >= 11 is 6.10. The third-order valence-electron chi connectivity index (χ3n) is 6.29. The van der Waals surface area contributed by atoms with Crippen molar-refractivity contribution in [2.45, 2.75) is 31.8 Å². The minimum atomic E-state index is -0.754. The number of nitrogens with one attached hydrogen (secondary N) is 1. The third kappa shape index (κ3) is 7.80. The molecule has 4 aromatic carbocycles. The summed E-state index contributed by atoms with van der Waals surface area (Å²) in [7, 11) is 0. The van der Waals surface area contributed by atoms with Crippen molar-refractivity contribution in [3.8, 4) is 0 Å². The number of nitrogens with zero attached hydrogens (tertiary/aromatic N) is 1. The number of amides is 2. The van der Waals surface area contributed by atoms with Crippen LogP contribution in [-0.2, 0) is 29.0 Å². The van der Waals surface area contributed by atoms with E-state index in [2.05, 4.69) is 5.32 Å². The minimum absolute atomic E-state index is 0.0779. The van der Waals surface area contributed by atoms with Crippen LogP contribution in [0.2, 0.25) is 5.02 Å². The van der Waals surface area contributed by atoms with Crippen molar-refractivity contribution in [3.05, 3.63) is 143 Å². The van der Waals surface area contributed by atoms with Gasteiger partial charge in [-0.05, 0) is 47.2 Å². The Morgan fingerprint density at radius 2 is 1.22 bits per heavy atom. The topological polar surface area (TPSA) is 49.4 Å². The second-order valence-corrected chi connectivity index (χ2v) is 9.41. The Morgan fingerprint density at radius 1 is 0.676 bits per heavy atom. The van der Waals surface area contributed by atoms with Gasteiger partial charge in [-0.25, -0.2) is 0 Å². The Labute approximate surface area is 223 Å². The number of aryl methyl sites for hydroxylation is 1. The molecule has 4 aromatic rings. The summed E-state index contributed by atoms with van der Waals surface area (Å²) in [5.74, 6) is -0.268. The van der Waals surface area contributed by atoms with Crippen LogP contribution in [-0.4, -0.2) is 23.3 Å². The molecule has 0 spiro atoms. The zero-order chi connectivity index (χ0) is 25.9. The highest BCUT2D eigenvalue weighted by atomic mass is 35.5. The van der Waals surface area contributed by atoms with E-state index in [1.165, 1.54) is 0 Å². The van der Waals surface area contributed by atoms with Crippen LogP contribution in [0.15, 0.2) is 115 Å². The molecular weight excluding hydrogens is 480 g/mol. The Hall–Kier alpha value is -3.89. The normalized spacial score (nSPS) is 11.5. The second kappa shape index (κ2) is 13.4. The molecule has 4 nitrogen and oxygen atoms in total. The quantitative estimate of drug-likeness (QED) is 0.254. The van der Waals surface area contributed by atoms with Crippen molar-refractivity contribution in [2.75, 3.05) is 6.54 Å². The summed E-state index contributed by atoms with van der Waals surface area (Å²) in [5.41, 5.74) is 3.93. The van der Waals surface area contributed by atoms with Crippen LogP contribution in [0.1, 0.15) is 34.7 Å². The summed E-state index contributed by atoms with van der Waals surface area (Å²) < 4.78 is 0. The zero-order valence-electron chi connectivity index (χ0n) is 20.7. The van der Waals surface area contributed by atoms with Gasteiger partial charge in [0, 0.05) is 24.5 Å². The lowest BCUT2D eigenvalue weighted by Crippen LogP contribution is -2.44. The van der Waals surface area contributed by atoms with Crippen LogP contribution in [0.4, 0.5) is 0 Å². The highest BCUT2D eigenvalue weighted by Crippen LogP contribution is 2.25. The van der Waals surface area contributed by atoms with Gasteiger partial charge in [-0.2, -0.15) is 0 Å². The predicted molar refractivity (Wildman–Crippen MR) is 149 cm³/mol. The standard InChI is InChI=1S/C32H31ClN2O2/c33-29-19-16-27(17-20-29)24-35(30(36)21-18-25-10-4-1-5-11-25)31(28-14-8-3-9-15-28)32(37)34-23-22-26-12-6-2-7-13-26/h1-17,19-20,31H,18,21-24H2,(H,34,37)/t31-/m1/s1. The summed E-state index contributed by atoms with van der Waals surface area (Å²) in [5, 5.41) is 3.71. The molecular formula is C32H31ClN2O2. The summed E-state index contributed by atoms with van der Waals surface area (Å²) in [6.45, 7) is 0.787. The fraction of sp³-hybridized carbons (Fsp3) is 0.188. The second-order valence-electron chi connectivity index (χ2n) is 8.97. The maximum atomic E-state index is 13.7. The first-order chi connectivity index (χ1) is 18.1. The first-order valence-electron chi connectivity index (χ1n) is 12.5. The van der Waals surface area contributed by atoms with Gasteiger partial charge in [0.05, 0.1) is 0 Å². The van der Waals surface area contributed by atoms with Gasteiger partial charge in [0.25, 0.3) is 0 Å². The molecule has 4 rings (SSSR count). The number of rotatable bonds is 11. The lowest BCUT2D eigenvalue weighted by atomic mass is 10.0. The van der Waals surface area contributed by atoms with E-state index in [-0.39, 0.29) is 11.8 Å². The number of hydrogen-bond donors (Lipinski definition) is 1. The van der Waals surface area contributed by atoms with Gasteiger partial charge in [0.15, 0.2) is 0 Å². The average molecular weight is 511 g/mol. The van der Waals surface area contributed by atoms with E-state index in [1.54, 1.807) is 17.0 Å². The van der Waals surface area contributed by atoms with Crippen LogP contribution in [0.25, 0.3) is 0 Å². The molecule has 0 saturated heterocycles. The molecule has 0 aliphatic heterocycles. The van der Waals surface area contributed by atoms with E-state index in [4.69, 9.17) is 11.6 Å². The molecule has 5 heteroatoms. The molecule has 0 radical (unpaired) electrons. The van der Waals surface area contributed by atoms with Crippen molar-refractivity contribution in [3.63, 3.8) is 0 Å². The molecule has 188 valence electrons.